The molecule has 1 atom stereocenters. The number of carbonyl (C=O) groups is 1. The number of piperidine rings is 1. The summed E-state index contributed by atoms with van der Waals surface area (Å²) in [5, 5.41) is 0. The van der Waals surface area contributed by atoms with E-state index in [9.17, 15) is 13.6 Å². The largest absolute Gasteiger partial charge is 0.298 e. The molecule has 1 aliphatic heterocycles. The fourth-order valence-electron chi connectivity index (χ4n) is 3.82. The fourth-order valence-corrected chi connectivity index (χ4v) is 3.82. The van der Waals surface area contributed by atoms with Gasteiger partial charge in [0.25, 0.3) is 0 Å². The highest BCUT2D eigenvalue weighted by Gasteiger charge is 2.35. The van der Waals surface area contributed by atoms with Gasteiger partial charge in [-0.1, -0.05) is 44.5 Å². The Hall–Kier alpha value is -2.07. The fraction of sp³-hybridized carbons (Fsp3) is 0.409. The normalized spacial score (nSPS) is 18.5. The molecule has 0 amide bonds. The highest BCUT2D eigenvalue weighted by Crippen LogP contribution is 2.35. The maximum atomic E-state index is 13.4. The quantitative estimate of drug-likeness (QED) is 0.739. The van der Waals surface area contributed by atoms with E-state index in [-0.39, 0.29) is 35.4 Å². The molecule has 0 bridgehead atoms. The molecule has 0 radical (unpaired) electrons. The lowest BCUT2D eigenvalue weighted by Crippen LogP contribution is -2.48. The van der Waals surface area contributed by atoms with Crippen molar-refractivity contribution in [2.24, 2.45) is 5.92 Å². The number of likely N-dealkylation sites (tertiary alicyclic amines) is 1. The number of rotatable bonds is 5. The minimum atomic E-state index is -0.292. The number of carbonyl (C=O) groups excluding carboxylic acids is 1. The van der Waals surface area contributed by atoms with Crippen LogP contribution in [-0.2, 0) is 4.79 Å². The van der Waals surface area contributed by atoms with Gasteiger partial charge in [-0.15, -0.1) is 0 Å². The summed E-state index contributed by atoms with van der Waals surface area (Å²) in [5.74, 6) is -0.387. The average Bonchev–Trinajstić information content (AvgIpc) is 2.65. The van der Waals surface area contributed by atoms with Crippen LogP contribution in [0.4, 0.5) is 8.78 Å². The van der Waals surface area contributed by atoms with E-state index in [0.717, 1.165) is 36.9 Å². The molecule has 0 aliphatic carbocycles. The third-order valence-corrected chi connectivity index (χ3v) is 5.14. The second-order valence-corrected chi connectivity index (χ2v) is 7.31. The summed E-state index contributed by atoms with van der Waals surface area (Å²) in [6.07, 6.45) is 2.87. The molecule has 138 valence electrons. The Labute approximate surface area is 153 Å². The molecule has 0 N–H and O–H groups in total. The molecule has 26 heavy (non-hydrogen) atoms. The third-order valence-electron chi connectivity index (χ3n) is 5.14. The van der Waals surface area contributed by atoms with E-state index in [1.807, 2.05) is 13.8 Å². The van der Waals surface area contributed by atoms with Crippen LogP contribution in [-0.4, -0.2) is 23.3 Å². The second kappa shape index (κ2) is 8.09. The molecule has 4 heteroatoms. The van der Waals surface area contributed by atoms with Crippen molar-refractivity contribution in [3.8, 4) is 0 Å². The number of Topliss-reactive ketones (excluding diaryl/α,β-unsaturated/α-hetero) is 1. The number of ketones is 1. The van der Waals surface area contributed by atoms with Crippen molar-refractivity contribution in [3.05, 3.63) is 71.3 Å². The zero-order valence-electron chi connectivity index (χ0n) is 15.3. The van der Waals surface area contributed by atoms with Gasteiger partial charge in [0.2, 0.25) is 0 Å². The topological polar surface area (TPSA) is 20.3 Å². The van der Waals surface area contributed by atoms with Crippen molar-refractivity contribution >= 4 is 5.78 Å². The van der Waals surface area contributed by atoms with Gasteiger partial charge in [0, 0.05) is 5.92 Å². The first-order chi connectivity index (χ1) is 12.5. The minimum Gasteiger partial charge on any atom is -0.298 e. The molecular weight excluding hydrogens is 332 g/mol. The van der Waals surface area contributed by atoms with Crippen molar-refractivity contribution in [1.29, 1.82) is 0 Å². The Bertz CT molecular complexity index is 694. The van der Waals surface area contributed by atoms with Crippen molar-refractivity contribution in [2.75, 3.05) is 6.54 Å². The van der Waals surface area contributed by atoms with Crippen LogP contribution < -0.4 is 0 Å². The maximum Gasteiger partial charge on any atom is 0.152 e. The Morgan fingerprint density at radius 3 is 1.88 bits per heavy atom. The average molecular weight is 357 g/mol. The van der Waals surface area contributed by atoms with Gasteiger partial charge >= 0.3 is 0 Å². The standard InChI is InChI=1S/C22H25F2NO/c1-15(2)22(26)20-5-3-4-14-25(20)21(16-6-10-18(23)11-7-16)17-8-12-19(24)13-9-17/h6-13,15,20-21H,3-5,14H2,1-2H3. The highest BCUT2D eigenvalue weighted by molar-refractivity contribution is 5.85. The molecule has 1 heterocycles. The summed E-state index contributed by atoms with van der Waals surface area (Å²) < 4.78 is 26.9. The van der Waals surface area contributed by atoms with Crippen molar-refractivity contribution < 1.29 is 13.6 Å². The predicted molar refractivity (Wildman–Crippen MR) is 98.8 cm³/mol. The van der Waals surface area contributed by atoms with Crippen LogP contribution in [0.5, 0.6) is 0 Å². The molecule has 1 aliphatic rings. The van der Waals surface area contributed by atoms with Crippen LogP contribution in [0.15, 0.2) is 48.5 Å². The number of benzene rings is 2. The minimum absolute atomic E-state index is 0.0392. The van der Waals surface area contributed by atoms with Gasteiger partial charge in [-0.2, -0.15) is 0 Å². The van der Waals surface area contributed by atoms with Crippen LogP contribution in [0.2, 0.25) is 0 Å². The lowest BCUT2D eigenvalue weighted by atomic mass is 9.87. The van der Waals surface area contributed by atoms with E-state index in [4.69, 9.17) is 0 Å². The first-order valence-electron chi connectivity index (χ1n) is 9.28. The van der Waals surface area contributed by atoms with E-state index >= 15 is 0 Å². The third kappa shape index (κ3) is 4.01. The van der Waals surface area contributed by atoms with Gasteiger partial charge < -0.3 is 0 Å². The molecule has 2 nitrogen and oxygen atoms in total. The van der Waals surface area contributed by atoms with Crippen molar-refractivity contribution in [3.63, 3.8) is 0 Å². The lowest BCUT2D eigenvalue weighted by molar-refractivity contribution is -0.129. The number of hydrogen-bond donors (Lipinski definition) is 0. The summed E-state index contributed by atoms with van der Waals surface area (Å²) >= 11 is 0. The van der Waals surface area contributed by atoms with Gasteiger partial charge in [-0.3, -0.25) is 9.69 Å². The Morgan fingerprint density at radius 1 is 0.923 bits per heavy atom. The van der Waals surface area contributed by atoms with E-state index in [1.54, 1.807) is 24.3 Å². The molecule has 1 saturated heterocycles. The van der Waals surface area contributed by atoms with E-state index in [0.29, 0.717) is 0 Å². The smallest absolute Gasteiger partial charge is 0.152 e. The van der Waals surface area contributed by atoms with E-state index in [1.165, 1.54) is 24.3 Å². The Balaban J connectivity index is 2.04. The van der Waals surface area contributed by atoms with Gasteiger partial charge in [-0.25, -0.2) is 8.78 Å². The number of hydrogen-bond acceptors (Lipinski definition) is 2. The van der Waals surface area contributed by atoms with E-state index in [2.05, 4.69) is 4.90 Å². The van der Waals surface area contributed by atoms with Crippen LogP contribution in [0.3, 0.4) is 0 Å². The molecule has 1 unspecified atom stereocenters. The Morgan fingerprint density at radius 2 is 1.42 bits per heavy atom. The predicted octanol–water partition coefficient (Wildman–Crippen LogP) is 5.13. The summed E-state index contributed by atoms with van der Waals surface area (Å²) in [5.41, 5.74) is 1.84. The summed E-state index contributed by atoms with van der Waals surface area (Å²) in [6, 6.07) is 12.4. The number of nitrogens with zero attached hydrogens (tertiary/aromatic N) is 1. The van der Waals surface area contributed by atoms with Crippen molar-refractivity contribution in [2.45, 2.75) is 45.2 Å². The van der Waals surface area contributed by atoms with Gasteiger partial charge in [0.15, 0.2) is 5.78 Å². The van der Waals surface area contributed by atoms with E-state index < -0.39 is 0 Å². The van der Waals surface area contributed by atoms with Crippen molar-refractivity contribution in [1.82, 2.24) is 4.90 Å². The van der Waals surface area contributed by atoms with Gasteiger partial charge in [0.1, 0.15) is 11.6 Å². The monoisotopic (exact) mass is 357 g/mol. The highest BCUT2D eigenvalue weighted by atomic mass is 19.1. The maximum absolute atomic E-state index is 13.4. The summed E-state index contributed by atoms with van der Waals surface area (Å²) in [7, 11) is 0. The van der Waals surface area contributed by atoms with Gasteiger partial charge in [-0.05, 0) is 54.8 Å². The molecule has 2 aromatic carbocycles. The van der Waals surface area contributed by atoms with Gasteiger partial charge in [0.05, 0.1) is 12.1 Å². The molecular formula is C22H25F2NO. The van der Waals surface area contributed by atoms with Crippen LogP contribution in [0.1, 0.15) is 50.3 Å². The summed E-state index contributed by atoms with van der Waals surface area (Å²) in [6.45, 7) is 4.66. The van der Waals surface area contributed by atoms with Crippen LogP contribution in [0.25, 0.3) is 0 Å². The lowest BCUT2D eigenvalue weighted by Gasteiger charge is -2.41. The van der Waals surface area contributed by atoms with Crippen LogP contribution >= 0.6 is 0 Å². The molecule has 3 rings (SSSR count). The molecule has 0 aromatic heterocycles. The summed E-state index contributed by atoms with van der Waals surface area (Å²) in [4.78, 5) is 15.0. The Kier molecular flexibility index (Phi) is 5.82. The zero-order valence-corrected chi connectivity index (χ0v) is 15.3. The van der Waals surface area contributed by atoms with Crippen LogP contribution in [0, 0.1) is 17.6 Å². The molecule has 1 fully saturated rings. The molecule has 2 aromatic rings. The first kappa shape index (κ1) is 18.7. The zero-order chi connectivity index (χ0) is 18.7. The first-order valence-corrected chi connectivity index (χ1v) is 9.28. The molecule has 0 saturated carbocycles. The number of halogens is 2. The molecule has 0 spiro atoms. The second-order valence-electron chi connectivity index (χ2n) is 7.31. The SMILES string of the molecule is CC(C)C(=O)C1CCCCN1C(c1ccc(F)cc1)c1ccc(F)cc1.